The number of aliphatic hydroxyl groups is 1. The highest BCUT2D eigenvalue weighted by molar-refractivity contribution is 5.53. The van der Waals surface area contributed by atoms with Gasteiger partial charge in [-0.2, -0.15) is 0 Å². The lowest BCUT2D eigenvalue weighted by Crippen LogP contribution is -2.01. The van der Waals surface area contributed by atoms with Crippen LogP contribution in [-0.4, -0.2) is 31.6 Å². The van der Waals surface area contributed by atoms with Crippen LogP contribution in [0.5, 0.6) is 0 Å². The predicted molar refractivity (Wildman–Crippen MR) is 68.3 cm³/mol. The van der Waals surface area contributed by atoms with Crippen molar-refractivity contribution in [3.8, 4) is 5.69 Å². The maximum absolute atomic E-state index is 11.0. The Morgan fingerprint density at radius 2 is 2.11 bits per heavy atom. The molecule has 1 aromatic heterocycles. The van der Waals surface area contributed by atoms with Gasteiger partial charge in [0.15, 0.2) is 0 Å². The van der Waals surface area contributed by atoms with Gasteiger partial charge in [0.1, 0.15) is 0 Å². The summed E-state index contributed by atoms with van der Waals surface area (Å²) in [5.74, 6) is 0. The molecule has 100 valence electrons. The molecule has 0 spiro atoms. The van der Waals surface area contributed by atoms with Gasteiger partial charge in [-0.1, -0.05) is 5.21 Å². The molecular weight excluding hydrogens is 248 g/mol. The molecule has 7 nitrogen and oxygen atoms in total. The zero-order valence-corrected chi connectivity index (χ0v) is 10.7. The predicted octanol–water partition coefficient (Wildman–Crippen LogP) is 1.33. The number of benzene rings is 1. The van der Waals surface area contributed by atoms with E-state index in [1.165, 1.54) is 10.7 Å². The van der Waals surface area contributed by atoms with Gasteiger partial charge in [-0.05, 0) is 25.5 Å². The molecule has 2 rings (SSSR count). The Morgan fingerprint density at radius 3 is 2.74 bits per heavy atom. The minimum absolute atomic E-state index is 0.00821. The van der Waals surface area contributed by atoms with Crippen molar-refractivity contribution in [2.24, 2.45) is 0 Å². The molecule has 0 saturated carbocycles. The lowest BCUT2D eigenvalue weighted by Gasteiger charge is -2.06. The fraction of sp³-hybridized carbons (Fsp3) is 0.333. The molecule has 0 radical (unpaired) electrons. The fourth-order valence-electron chi connectivity index (χ4n) is 1.92. The number of nitro benzene ring substituents is 1. The second kappa shape index (κ2) is 5.15. The lowest BCUT2D eigenvalue weighted by molar-refractivity contribution is -0.385. The van der Waals surface area contributed by atoms with Crippen LogP contribution >= 0.6 is 0 Å². The number of hydrogen-bond acceptors (Lipinski definition) is 5. The Labute approximate surface area is 109 Å². The first-order valence-electron chi connectivity index (χ1n) is 5.81. The zero-order chi connectivity index (χ0) is 14.0. The number of hydrogen-bond donors (Lipinski definition) is 1. The monoisotopic (exact) mass is 262 g/mol. The molecule has 2 aromatic rings. The average Bonchev–Trinajstić information content (AvgIpc) is 2.77. The van der Waals surface area contributed by atoms with Crippen LogP contribution in [0.4, 0.5) is 5.69 Å². The molecule has 1 aromatic carbocycles. The van der Waals surface area contributed by atoms with Gasteiger partial charge >= 0.3 is 0 Å². The molecule has 0 unspecified atom stereocenters. The third-order valence-corrected chi connectivity index (χ3v) is 2.87. The summed E-state index contributed by atoms with van der Waals surface area (Å²) in [5, 5.41) is 27.6. The second-order valence-corrected chi connectivity index (χ2v) is 4.31. The summed E-state index contributed by atoms with van der Waals surface area (Å²) < 4.78 is 1.49. The number of aryl methyl sites for hydroxylation is 2. The van der Waals surface area contributed by atoms with Crippen molar-refractivity contribution in [1.82, 2.24) is 15.0 Å². The van der Waals surface area contributed by atoms with Crippen LogP contribution in [0, 0.1) is 24.0 Å². The van der Waals surface area contributed by atoms with Crippen LogP contribution in [0.3, 0.4) is 0 Å². The summed E-state index contributed by atoms with van der Waals surface area (Å²) in [7, 11) is 0. The first-order valence-corrected chi connectivity index (χ1v) is 5.81. The van der Waals surface area contributed by atoms with Gasteiger partial charge in [-0.15, -0.1) is 5.10 Å². The highest BCUT2D eigenvalue weighted by atomic mass is 16.6. The van der Waals surface area contributed by atoms with Crippen molar-refractivity contribution in [1.29, 1.82) is 0 Å². The molecule has 7 heteroatoms. The van der Waals surface area contributed by atoms with Crippen LogP contribution in [-0.2, 0) is 6.42 Å². The molecule has 0 saturated heterocycles. The molecular formula is C12H14N4O3. The number of aromatic nitrogens is 3. The lowest BCUT2D eigenvalue weighted by atomic mass is 10.1. The third-order valence-electron chi connectivity index (χ3n) is 2.87. The van der Waals surface area contributed by atoms with E-state index < -0.39 is 4.92 Å². The second-order valence-electron chi connectivity index (χ2n) is 4.31. The number of aliphatic hydroxyl groups excluding tert-OH is 1. The van der Waals surface area contributed by atoms with Crippen molar-refractivity contribution in [2.75, 3.05) is 6.61 Å². The van der Waals surface area contributed by atoms with E-state index in [0.717, 1.165) is 5.56 Å². The maximum Gasteiger partial charge on any atom is 0.274 e. The Kier molecular flexibility index (Phi) is 3.57. The van der Waals surface area contributed by atoms with E-state index in [4.69, 9.17) is 5.11 Å². The summed E-state index contributed by atoms with van der Waals surface area (Å²) in [6, 6.07) is 3.24. The molecule has 1 N–H and O–H groups in total. The van der Waals surface area contributed by atoms with Crippen LogP contribution in [0.15, 0.2) is 18.3 Å². The summed E-state index contributed by atoms with van der Waals surface area (Å²) in [5.41, 5.74) is 2.81. The van der Waals surface area contributed by atoms with Gasteiger partial charge in [0, 0.05) is 24.7 Å². The van der Waals surface area contributed by atoms with Crippen molar-refractivity contribution in [3.63, 3.8) is 0 Å². The van der Waals surface area contributed by atoms with Crippen LogP contribution in [0.25, 0.3) is 5.69 Å². The third kappa shape index (κ3) is 2.60. The Morgan fingerprint density at radius 1 is 1.37 bits per heavy atom. The van der Waals surface area contributed by atoms with Gasteiger partial charge in [0.25, 0.3) is 5.69 Å². The van der Waals surface area contributed by atoms with Crippen molar-refractivity contribution >= 4 is 5.69 Å². The summed E-state index contributed by atoms with van der Waals surface area (Å²) >= 11 is 0. The van der Waals surface area contributed by atoms with Crippen molar-refractivity contribution < 1.29 is 10.0 Å². The van der Waals surface area contributed by atoms with Crippen LogP contribution < -0.4 is 0 Å². The topological polar surface area (TPSA) is 94.1 Å². The van der Waals surface area contributed by atoms with E-state index in [2.05, 4.69) is 10.3 Å². The fourth-order valence-corrected chi connectivity index (χ4v) is 1.92. The molecule has 0 aliphatic heterocycles. The van der Waals surface area contributed by atoms with Crippen LogP contribution in [0.2, 0.25) is 0 Å². The summed E-state index contributed by atoms with van der Waals surface area (Å²) in [6.45, 7) is 3.55. The van der Waals surface area contributed by atoms with Crippen LogP contribution in [0.1, 0.15) is 16.8 Å². The van der Waals surface area contributed by atoms with E-state index in [1.807, 2.05) is 6.92 Å². The Bertz CT molecular complexity index is 621. The molecule has 0 aliphatic rings. The van der Waals surface area contributed by atoms with E-state index >= 15 is 0 Å². The van der Waals surface area contributed by atoms with Gasteiger partial charge in [-0.25, -0.2) is 4.68 Å². The molecule has 0 aliphatic carbocycles. The SMILES string of the molecule is Cc1cc(C)c([N+](=O)[O-])cc1-n1cc(CCO)nn1. The average molecular weight is 262 g/mol. The molecule has 0 fully saturated rings. The highest BCUT2D eigenvalue weighted by Gasteiger charge is 2.15. The molecule has 0 amide bonds. The van der Waals surface area contributed by atoms with Gasteiger partial charge < -0.3 is 5.11 Å². The minimum atomic E-state index is -0.413. The zero-order valence-electron chi connectivity index (χ0n) is 10.7. The molecule has 1 heterocycles. The number of nitro groups is 1. The Balaban J connectivity index is 2.48. The highest BCUT2D eigenvalue weighted by Crippen LogP contribution is 2.24. The van der Waals surface area contributed by atoms with E-state index in [1.54, 1.807) is 19.2 Å². The summed E-state index contributed by atoms with van der Waals surface area (Å²) in [4.78, 5) is 10.5. The standard InChI is InChI=1S/C12H14N4O3/c1-8-5-9(2)12(16(18)19)6-11(8)15-7-10(3-4-17)13-14-15/h5-7,17H,3-4H2,1-2H3. The normalized spacial score (nSPS) is 10.7. The van der Waals surface area contributed by atoms with Crippen molar-refractivity contribution in [3.05, 3.63) is 45.3 Å². The minimum Gasteiger partial charge on any atom is -0.396 e. The summed E-state index contributed by atoms with van der Waals surface area (Å²) in [6.07, 6.45) is 2.07. The quantitative estimate of drug-likeness (QED) is 0.662. The Hall–Kier alpha value is -2.28. The van der Waals surface area contributed by atoms with E-state index in [0.29, 0.717) is 23.4 Å². The van der Waals surface area contributed by atoms with Crippen molar-refractivity contribution in [2.45, 2.75) is 20.3 Å². The maximum atomic E-state index is 11.0. The van der Waals surface area contributed by atoms with E-state index in [9.17, 15) is 10.1 Å². The molecule has 0 atom stereocenters. The molecule has 19 heavy (non-hydrogen) atoms. The van der Waals surface area contributed by atoms with Gasteiger partial charge in [0.05, 0.1) is 22.5 Å². The number of nitrogens with zero attached hydrogens (tertiary/aromatic N) is 4. The largest absolute Gasteiger partial charge is 0.396 e. The number of rotatable bonds is 4. The van der Waals surface area contributed by atoms with Gasteiger partial charge in [-0.3, -0.25) is 10.1 Å². The molecule has 0 bridgehead atoms. The first kappa shape index (κ1) is 13.2. The smallest absolute Gasteiger partial charge is 0.274 e. The van der Waals surface area contributed by atoms with E-state index in [-0.39, 0.29) is 12.3 Å². The first-order chi connectivity index (χ1) is 9.02. The van der Waals surface area contributed by atoms with Gasteiger partial charge in [0.2, 0.25) is 0 Å².